The fourth-order valence-electron chi connectivity index (χ4n) is 2.31. The number of anilines is 2. The minimum Gasteiger partial charge on any atom is -0.302 e. The number of amides is 2. The molecule has 23 heavy (non-hydrogen) atoms. The fraction of sp³-hybridized carbons (Fsp3) is 0.333. The zero-order valence-corrected chi connectivity index (χ0v) is 13.7. The summed E-state index contributed by atoms with van der Waals surface area (Å²) < 4.78 is 0. The second kappa shape index (κ2) is 6.43. The number of likely N-dealkylation sites (N-methyl/N-ethyl adjacent to an activating group) is 1. The maximum absolute atomic E-state index is 12.0. The van der Waals surface area contributed by atoms with Crippen molar-refractivity contribution in [2.45, 2.75) is 19.9 Å². The van der Waals surface area contributed by atoms with Crippen molar-refractivity contribution < 1.29 is 9.59 Å². The van der Waals surface area contributed by atoms with Gasteiger partial charge in [-0.1, -0.05) is 0 Å². The van der Waals surface area contributed by atoms with Gasteiger partial charge in [0.25, 0.3) is 0 Å². The Labute approximate surface area is 137 Å². The van der Waals surface area contributed by atoms with Gasteiger partial charge in [-0.15, -0.1) is 11.3 Å². The summed E-state index contributed by atoms with van der Waals surface area (Å²) in [7, 11) is 2.04. The second-order valence-corrected chi connectivity index (χ2v) is 6.59. The highest BCUT2D eigenvalue weighted by atomic mass is 32.1. The van der Waals surface area contributed by atoms with Gasteiger partial charge in [-0.2, -0.15) is 0 Å². The zero-order valence-electron chi connectivity index (χ0n) is 12.9. The number of nitrogens with zero attached hydrogens (tertiary/aromatic N) is 3. The third-order valence-electron chi connectivity index (χ3n) is 3.51. The summed E-state index contributed by atoms with van der Waals surface area (Å²) in [4.78, 5) is 35.6. The molecule has 0 radical (unpaired) electrons. The molecule has 0 fully saturated rings. The number of pyridine rings is 1. The maximum Gasteiger partial charge on any atom is 0.315 e. The molecule has 2 aromatic rings. The third kappa shape index (κ3) is 3.72. The molecular weight excluding hydrogens is 314 g/mol. The van der Waals surface area contributed by atoms with E-state index in [9.17, 15) is 9.59 Å². The molecule has 0 saturated heterocycles. The lowest BCUT2D eigenvalue weighted by molar-refractivity contribution is -0.133. The molecule has 3 heterocycles. The Morgan fingerprint density at radius 2 is 2.09 bits per heavy atom. The number of aryl methyl sites for hydroxylation is 1. The van der Waals surface area contributed by atoms with Crippen molar-refractivity contribution in [3.05, 3.63) is 34.5 Å². The highest BCUT2D eigenvalue weighted by Gasteiger charge is 2.21. The van der Waals surface area contributed by atoms with Crippen LogP contribution in [-0.2, 0) is 22.6 Å². The topological polar surface area (TPSA) is 87.2 Å². The lowest BCUT2D eigenvalue weighted by atomic mass is 10.2. The molecule has 3 rings (SSSR count). The number of fused-ring (bicyclic) bond motifs is 1. The molecule has 0 atom stereocenters. The average molecular weight is 331 g/mol. The van der Waals surface area contributed by atoms with Crippen LogP contribution in [0.15, 0.2) is 18.3 Å². The normalized spacial score (nSPS) is 14.2. The van der Waals surface area contributed by atoms with E-state index in [1.807, 2.05) is 20.0 Å². The van der Waals surface area contributed by atoms with Crippen LogP contribution in [-0.4, -0.2) is 40.3 Å². The van der Waals surface area contributed by atoms with Gasteiger partial charge < -0.3 is 10.2 Å². The van der Waals surface area contributed by atoms with Crippen LogP contribution >= 0.6 is 11.3 Å². The lowest BCUT2D eigenvalue weighted by Crippen LogP contribution is -2.29. The van der Waals surface area contributed by atoms with Crippen LogP contribution in [0.4, 0.5) is 10.9 Å². The summed E-state index contributed by atoms with van der Waals surface area (Å²) in [6.45, 7) is 3.65. The predicted octanol–water partition coefficient (Wildman–Crippen LogP) is 1.41. The standard InChI is InChI=1S/C15H17N5O2S/c1-9-3-5-16-12(7-9)18-13(21)14(22)19-15-17-10-4-6-20(2)8-11(10)23-15/h3,5,7H,4,6,8H2,1-2H3,(H,16,18,21)(H,17,19,22). The molecule has 0 aromatic carbocycles. The summed E-state index contributed by atoms with van der Waals surface area (Å²) in [6, 6.07) is 3.51. The monoisotopic (exact) mass is 331 g/mol. The molecule has 7 nitrogen and oxygen atoms in total. The number of hydrogen-bond donors (Lipinski definition) is 2. The number of nitrogens with one attached hydrogen (secondary N) is 2. The lowest BCUT2D eigenvalue weighted by Gasteiger charge is -2.20. The van der Waals surface area contributed by atoms with Crippen LogP contribution in [0.1, 0.15) is 16.1 Å². The van der Waals surface area contributed by atoms with Crippen molar-refractivity contribution in [3.8, 4) is 0 Å². The molecule has 2 aromatic heterocycles. The highest BCUT2D eigenvalue weighted by molar-refractivity contribution is 7.16. The first-order valence-electron chi connectivity index (χ1n) is 7.23. The molecule has 2 amide bonds. The quantitative estimate of drug-likeness (QED) is 0.813. The Morgan fingerprint density at radius 3 is 2.87 bits per heavy atom. The van der Waals surface area contributed by atoms with Gasteiger partial charge in [-0.05, 0) is 31.7 Å². The molecule has 2 N–H and O–H groups in total. The molecule has 0 saturated carbocycles. The Balaban J connectivity index is 1.64. The van der Waals surface area contributed by atoms with Crippen molar-refractivity contribution in [2.24, 2.45) is 0 Å². The van der Waals surface area contributed by atoms with Crippen LogP contribution in [0.2, 0.25) is 0 Å². The van der Waals surface area contributed by atoms with Gasteiger partial charge in [-0.25, -0.2) is 9.97 Å². The van der Waals surface area contributed by atoms with E-state index in [4.69, 9.17) is 0 Å². The Morgan fingerprint density at radius 1 is 1.30 bits per heavy atom. The minimum absolute atomic E-state index is 0.352. The van der Waals surface area contributed by atoms with Gasteiger partial charge in [-0.3, -0.25) is 14.9 Å². The van der Waals surface area contributed by atoms with E-state index in [0.29, 0.717) is 10.9 Å². The zero-order chi connectivity index (χ0) is 16.4. The van der Waals surface area contributed by atoms with Gasteiger partial charge in [0.15, 0.2) is 5.13 Å². The van der Waals surface area contributed by atoms with E-state index in [2.05, 4.69) is 25.5 Å². The van der Waals surface area contributed by atoms with E-state index in [1.54, 1.807) is 12.3 Å². The molecule has 1 aliphatic rings. The first-order chi connectivity index (χ1) is 11.0. The van der Waals surface area contributed by atoms with E-state index in [0.717, 1.165) is 35.6 Å². The largest absolute Gasteiger partial charge is 0.315 e. The van der Waals surface area contributed by atoms with Gasteiger partial charge >= 0.3 is 11.8 Å². The highest BCUT2D eigenvalue weighted by Crippen LogP contribution is 2.27. The predicted molar refractivity (Wildman–Crippen MR) is 88.4 cm³/mol. The van der Waals surface area contributed by atoms with Crippen molar-refractivity contribution in [1.82, 2.24) is 14.9 Å². The summed E-state index contributed by atoms with van der Waals surface area (Å²) in [5, 5.41) is 5.50. The number of carbonyl (C=O) groups is 2. The van der Waals surface area contributed by atoms with E-state index in [1.165, 1.54) is 11.3 Å². The first kappa shape index (κ1) is 15.6. The van der Waals surface area contributed by atoms with Crippen molar-refractivity contribution in [1.29, 1.82) is 0 Å². The van der Waals surface area contributed by atoms with Crippen molar-refractivity contribution in [3.63, 3.8) is 0 Å². The minimum atomic E-state index is -0.756. The molecule has 0 unspecified atom stereocenters. The first-order valence-corrected chi connectivity index (χ1v) is 8.05. The average Bonchev–Trinajstić information content (AvgIpc) is 2.88. The molecule has 0 aliphatic carbocycles. The second-order valence-electron chi connectivity index (χ2n) is 5.50. The Hall–Kier alpha value is -2.32. The maximum atomic E-state index is 12.0. The number of aromatic nitrogens is 2. The molecule has 120 valence electrons. The van der Waals surface area contributed by atoms with Gasteiger partial charge in [0, 0.05) is 30.6 Å². The summed E-state index contributed by atoms with van der Waals surface area (Å²) in [5.74, 6) is -1.15. The Bertz CT molecular complexity index is 758. The van der Waals surface area contributed by atoms with E-state index < -0.39 is 11.8 Å². The van der Waals surface area contributed by atoms with Crippen molar-refractivity contribution in [2.75, 3.05) is 24.2 Å². The smallest absolute Gasteiger partial charge is 0.302 e. The molecule has 8 heteroatoms. The van der Waals surface area contributed by atoms with Gasteiger partial charge in [0.1, 0.15) is 5.82 Å². The van der Waals surface area contributed by atoms with Crippen LogP contribution in [0, 0.1) is 6.92 Å². The van der Waals surface area contributed by atoms with Crippen LogP contribution in [0.25, 0.3) is 0 Å². The van der Waals surface area contributed by atoms with Crippen LogP contribution < -0.4 is 10.6 Å². The molecule has 0 bridgehead atoms. The van der Waals surface area contributed by atoms with Crippen LogP contribution in [0.3, 0.4) is 0 Å². The molecule has 0 spiro atoms. The van der Waals surface area contributed by atoms with Gasteiger partial charge in [0.05, 0.1) is 5.69 Å². The SMILES string of the molecule is Cc1ccnc(NC(=O)C(=O)Nc2nc3c(s2)CN(C)CC3)c1. The van der Waals surface area contributed by atoms with Crippen LogP contribution in [0.5, 0.6) is 0 Å². The molecule has 1 aliphatic heterocycles. The van der Waals surface area contributed by atoms with Crippen molar-refractivity contribution >= 4 is 34.1 Å². The number of hydrogen-bond acceptors (Lipinski definition) is 6. The van der Waals surface area contributed by atoms with Gasteiger partial charge in [0.2, 0.25) is 0 Å². The summed E-state index contributed by atoms with van der Waals surface area (Å²) in [5.41, 5.74) is 1.96. The number of carbonyl (C=O) groups excluding carboxylic acids is 2. The third-order valence-corrected chi connectivity index (χ3v) is 4.50. The fourth-order valence-corrected chi connectivity index (χ4v) is 3.39. The Kier molecular flexibility index (Phi) is 4.35. The van der Waals surface area contributed by atoms with E-state index in [-0.39, 0.29) is 0 Å². The summed E-state index contributed by atoms with van der Waals surface area (Å²) >= 11 is 1.41. The van der Waals surface area contributed by atoms with E-state index >= 15 is 0 Å². The number of thiazole rings is 1. The summed E-state index contributed by atoms with van der Waals surface area (Å²) in [6.07, 6.45) is 2.44. The number of rotatable bonds is 2. The molecular formula is C15H17N5O2S.